The van der Waals surface area contributed by atoms with Gasteiger partial charge in [-0.25, -0.2) is 0 Å². The first-order chi connectivity index (χ1) is 19.8. The van der Waals surface area contributed by atoms with Gasteiger partial charge < -0.3 is 10.6 Å². The first kappa shape index (κ1) is 31.2. The lowest BCUT2D eigenvalue weighted by Gasteiger charge is -2.15. The van der Waals surface area contributed by atoms with Crippen LogP contribution in [0.2, 0.25) is 0 Å². The van der Waals surface area contributed by atoms with E-state index in [-0.39, 0.29) is 22.5 Å². The largest absolute Gasteiger partial charge is 0.322 e. The Labute approximate surface area is 242 Å². The van der Waals surface area contributed by atoms with Gasteiger partial charge in [-0.05, 0) is 66.0 Å². The van der Waals surface area contributed by atoms with E-state index in [4.69, 9.17) is 0 Å². The molecule has 2 amide bonds. The van der Waals surface area contributed by atoms with Gasteiger partial charge in [-0.3, -0.25) is 33.4 Å². The summed E-state index contributed by atoms with van der Waals surface area (Å²) in [4.78, 5) is 32.6. The molecule has 0 aliphatic rings. The second-order valence-corrected chi connectivity index (χ2v) is 12.9. The summed E-state index contributed by atoms with van der Waals surface area (Å²) in [7, 11) is -15.3. The number of hydrogen-bond acceptors (Lipinski definition) is 10. The number of fused-ring (bicyclic) bond motifs is 1. The van der Waals surface area contributed by atoms with Gasteiger partial charge in [-0.15, -0.1) is 0 Å². The van der Waals surface area contributed by atoms with Crippen molar-refractivity contribution < 1.29 is 53.4 Å². The van der Waals surface area contributed by atoms with Crippen LogP contribution in [0.3, 0.4) is 0 Å². The van der Waals surface area contributed by atoms with Crippen LogP contribution in [0.4, 0.5) is 17.1 Å². The number of carbonyl (C=O) groups is 2. The molecular weight excluding hydrogens is 634 g/mol. The maximum atomic E-state index is 13.0. The standard InChI is InChI=1S/C24H17N3O13S3/c28-23(14-3-7-17(8-4-14)27(30)31)25-16-5-1-13(2-6-16)24(29)26-20-11-18(41(32,33)34)9-15-10-19(42(35,36)37)12-21(22(15)20)43(38,39)40/h1-12H,(H,25,28)(H,26,29)(H,32,33,34)(H,35,36,37)(H,38,39,40). The van der Waals surface area contributed by atoms with Gasteiger partial charge >= 0.3 is 0 Å². The highest BCUT2D eigenvalue weighted by Crippen LogP contribution is 2.35. The van der Waals surface area contributed by atoms with Gasteiger partial charge in [0.2, 0.25) is 0 Å². The molecule has 16 nitrogen and oxygen atoms in total. The van der Waals surface area contributed by atoms with Crippen molar-refractivity contribution in [1.29, 1.82) is 0 Å². The number of nitrogens with zero attached hydrogens (tertiary/aromatic N) is 1. The number of anilines is 2. The van der Waals surface area contributed by atoms with Crippen LogP contribution in [-0.4, -0.2) is 55.6 Å². The molecule has 4 rings (SSSR count). The first-order valence-electron chi connectivity index (χ1n) is 11.4. The molecule has 0 aromatic heterocycles. The Hall–Kier alpha value is -4.79. The van der Waals surface area contributed by atoms with E-state index < -0.39 is 78.2 Å². The minimum absolute atomic E-state index is 0.102. The number of benzene rings is 4. The number of nitro benzene ring substituents is 1. The van der Waals surface area contributed by atoms with Gasteiger partial charge in [0.1, 0.15) is 4.90 Å². The number of non-ortho nitro benzene ring substituents is 1. The maximum absolute atomic E-state index is 13.0. The molecule has 0 atom stereocenters. The second kappa shape index (κ2) is 11.1. The molecule has 19 heteroatoms. The van der Waals surface area contributed by atoms with Crippen molar-refractivity contribution in [3.63, 3.8) is 0 Å². The molecule has 0 saturated carbocycles. The van der Waals surface area contributed by atoms with E-state index in [1.165, 1.54) is 36.4 Å². The lowest BCUT2D eigenvalue weighted by Crippen LogP contribution is -2.15. The zero-order valence-corrected chi connectivity index (χ0v) is 23.5. The molecule has 0 aliphatic carbocycles. The SMILES string of the molecule is O=C(Nc1ccc(C(=O)Nc2cc(S(=O)(=O)O)cc3cc(S(=O)(=O)O)cc(S(=O)(=O)O)c23)cc1)c1ccc([N+](=O)[O-])cc1. The van der Waals surface area contributed by atoms with E-state index in [9.17, 15) is 58.6 Å². The third-order valence-electron chi connectivity index (χ3n) is 5.83. The number of hydrogen-bond donors (Lipinski definition) is 5. The van der Waals surface area contributed by atoms with Crippen molar-refractivity contribution in [1.82, 2.24) is 0 Å². The van der Waals surface area contributed by atoms with E-state index in [1.54, 1.807) is 0 Å². The number of rotatable bonds is 8. The minimum atomic E-state index is -5.24. The predicted molar refractivity (Wildman–Crippen MR) is 149 cm³/mol. The molecular formula is C24H17N3O13S3. The fourth-order valence-corrected chi connectivity index (χ4v) is 5.78. The van der Waals surface area contributed by atoms with Crippen LogP contribution < -0.4 is 10.6 Å². The number of nitro groups is 1. The maximum Gasteiger partial charge on any atom is 0.295 e. The monoisotopic (exact) mass is 651 g/mol. The Kier molecular flexibility index (Phi) is 8.06. The van der Waals surface area contributed by atoms with Crippen molar-refractivity contribution in [2.45, 2.75) is 14.7 Å². The van der Waals surface area contributed by atoms with Gasteiger partial charge in [0.05, 0.1) is 20.4 Å². The van der Waals surface area contributed by atoms with Crippen LogP contribution >= 0.6 is 0 Å². The fraction of sp³-hybridized carbons (Fsp3) is 0. The van der Waals surface area contributed by atoms with Crippen molar-refractivity contribution in [2.24, 2.45) is 0 Å². The molecule has 4 aromatic rings. The summed E-state index contributed by atoms with van der Waals surface area (Å²) in [5.41, 5.74) is -0.610. The van der Waals surface area contributed by atoms with E-state index in [0.29, 0.717) is 24.3 Å². The summed E-state index contributed by atoms with van der Waals surface area (Å²) >= 11 is 0. The number of nitrogens with one attached hydrogen (secondary N) is 2. The van der Waals surface area contributed by atoms with Crippen LogP contribution in [-0.2, 0) is 30.4 Å². The predicted octanol–water partition coefficient (Wildman–Crippen LogP) is 2.99. The highest BCUT2D eigenvalue weighted by Gasteiger charge is 2.25. The number of carbonyl (C=O) groups excluding carboxylic acids is 2. The van der Waals surface area contributed by atoms with E-state index in [1.807, 2.05) is 0 Å². The first-order valence-corrected chi connectivity index (χ1v) is 15.7. The van der Waals surface area contributed by atoms with Crippen LogP contribution in [0.1, 0.15) is 20.7 Å². The molecule has 0 spiro atoms. The summed E-state index contributed by atoms with van der Waals surface area (Å²) in [6, 6.07) is 12.2. The molecule has 43 heavy (non-hydrogen) atoms. The summed E-state index contributed by atoms with van der Waals surface area (Å²) < 4.78 is 100. The molecule has 0 radical (unpaired) electrons. The van der Waals surface area contributed by atoms with Crippen molar-refractivity contribution in [3.05, 3.63) is 94.0 Å². The Balaban J connectivity index is 1.70. The summed E-state index contributed by atoms with van der Waals surface area (Å²) in [6.45, 7) is 0. The van der Waals surface area contributed by atoms with E-state index in [0.717, 1.165) is 12.1 Å². The van der Waals surface area contributed by atoms with Crippen molar-refractivity contribution >= 4 is 70.0 Å². The summed E-state index contributed by atoms with van der Waals surface area (Å²) in [6.07, 6.45) is 0. The summed E-state index contributed by atoms with van der Waals surface area (Å²) in [5, 5.41) is 14.5. The van der Waals surface area contributed by atoms with Crippen molar-refractivity contribution in [3.8, 4) is 0 Å². The zero-order valence-electron chi connectivity index (χ0n) is 21.0. The molecule has 0 bridgehead atoms. The summed E-state index contributed by atoms with van der Waals surface area (Å²) in [5.74, 6) is -1.59. The molecule has 4 aromatic carbocycles. The quantitative estimate of drug-likeness (QED) is 0.104. The van der Waals surface area contributed by atoms with Crippen LogP contribution in [0.15, 0.2) is 87.5 Å². The van der Waals surface area contributed by atoms with Gasteiger partial charge in [0.25, 0.3) is 47.9 Å². The van der Waals surface area contributed by atoms with Gasteiger partial charge in [0.15, 0.2) is 0 Å². The molecule has 0 aliphatic heterocycles. The third-order valence-corrected chi connectivity index (χ3v) is 8.37. The second-order valence-electron chi connectivity index (χ2n) is 8.71. The fourth-order valence-electron chi connectivity index (χ4n) is 3.86. The Morgan fingerprint density at radius 2 is 1.12 bits per heavy atom. The van der Waals surface area contributed by atoms with Crippen LogP contribution in [0.5, 0.6) is 0 Å². The molecule has 0 fully saturated rings. The highest BCUT2D eigenvalue weighted by molar-refractivity contribution is 7.87. The molecule has 0 saturated heterocycles. The van der Waals surface area contributed by atoms with Gasteiger partial charge in [0, 0.05) is 34.3 Å². The van der Waals surface area contributed by atoms with Crippen molar-refractivity contribution in [2.75, 3.05) is 10.6 Å². The smallest absolute Gasteiger partial charge is 0.295 e. The molecule has 224 valence electrons. The Bertz CT molecular complexity index is 2140. The van der Waals surface area contributed by atoms with Gasteiger partial charge in [-0.2, -0.15) is 25.3 Å². The van der Waals surface area contributed by atoms with Crippen LogP contribution in [0, 0.1) is 10.1 Å². The van der Waals surface area contributed by atoms with E-state index >= 15 is 0 Å². The van der Waals surface area contributed by atoms with Crippen LogP contribution in [0.25, 0.3) is 10.8 Å². The normalized spacial score (nSPS) is 12.1. The van der Waals surface area contributed by atoms with Gasteiger partial charge in [-0.1, -0.05) is 0 Å². The Morgan fingerprint density at radius 3 is 1.58 bits per heavy atom. The Morgan fingerprint density at radius 1 is 0.651 bits per heavy atom. The average Bonchev–Trinajstić information content (AvgIpc) is 2.91. The lowest BCUT2D eigenvalue weighted by atomic mass is 10.1. The lowest BCUT2D eigenvalue weighted by molar-refractivity contribution is -0.384. The molecule has 0 unspecified atom stereocenters. The number of amides is 2. The zero-order chi connectivity index (χ0) is 31.9. The molecule has 5 N–H and O–H groups in total. The minimum Gasteiger partial charge on any atom is -0.322 e. The average molecular weight is 652 g/mol. The highest BCUT2D eigenvalue weighted by atomic mass is 32.2. The third kappa shape index (κ3) is 6.99. The topological polar surface area (TPSA) is 264 Å². The van der Waals surface area contributed by atoms with E-state index in [2.05, 4.69) is 10.6 Å². The molecule has 0 heterocycles.